The number of benzene rings is 1. The molecule has 0 radical (unpaired) electrons. The Kier molecular flexibility index (Phi) is 4.14. The summed E-state index contributed by atoms with van der Waals surface area (Å²) in [6.45, 7) is 3.89. The predicted molar refractivity (Wildman–Crippen MR) is 63.1 cm³/mol. The second kappa shape index (κ2) is 4.94. The van der Waals surface area contributed by atoms with Crippen LogP contribution in [0.4, 0.5) is 0 Å². The van der Waals surface area contributed by atoms with Gasteiger partial charge in [-0.3, -0.25) is 4.79 Å². The van der Waals surface area contributed by atoms with Crippen LogP contribution in [0.1, 0.15) is 35.7 Å². The highest BCUT2D eigenvalue weighted by Crippen LogP contribution is 2.26. The number of ketones is 1. The van der Waals surface area contributed by atoms with E-state index < -0.39 is 0 Å². The molecule has 14 heavy (non-hydrogen) atoms. The van der Waals surface area contributed by atoms with E-state index >= 15 is 0 Å². The lowest BCUT2D eigenvalue weighted by Gasteiger charge is -2.05. The van der Waals surface area contributed by atoms with Gasteiger partial charge < -0.3 is 0 Å². The molecule has 0 fully saturated rings. The maximum absolute atomic E-state index is 11.7. The molecule has 1 aromatic rings. The highest BCUT2D eigenvalue weighted by atomic mass is 79.9. The maximum Gasteiger partial charge on any atom is 0.164 e. The molecular weight excluding hydrogens is 263 g/mol. The Bertz CT molecular complexity index is 361. The summed E-state index contributed by atoms with van der Waals surface area (Å²) in [6.07, 6.45) is 1.45. The van der Waals surface area contributed by atoms with E-state index in [0.29, 0.717) is 11.4 Å². The van der Waals surface area contributed by atoms with Crippen LogP contribution in [0, 0.1) is 6.92 Å². The molecule has 0 aliphatic carbocycles. The summed E-state index contributed by atoms with van der Waals surface area (Å²) < 4.78 is 0.784. The molecule has 0 spiro atoms. The van der Waals surface area contributed by atoms with E-state index in [2.05, 4.69) is 15.9 Å². The molecule has 0 N–H and O–H groups in total. The highest BCUT2D eigenvalue weighted by molar-refractivity contribution is 9.10. The first-order valence-corrected chi connectivity index (χ1v) is 5.72. The van der Waals surface area contributed by atoms with Crippen LogP contribution in [0.2, 0.25) is 5.02 Å². The van der Waals surface area contributed by atoms with Crippen LogP contribution < -0.4 is 0 Å². The van der Waals surface area contributed by atoms with Gasteiger partial charge in [0, 0.05) is 21.5 Å². The van der Waals surface area contributed by atoms with E-state index in [1.807, 2.05) is 19.9 Å². The molecular formula is C11H12BrClO. The monoisotopic (exact) mass is 274 g/mol. The van der Waals surface area contributed by atoms with Crippen LogP contribution in [-0.2, 0) is 0 Å². The Hall–Kier alpha value is -0.340. The topological polar surface area (TPSA) is 17.1 Å². The van der Waals surface area contributed by atoms with Crippen LogP contribution in [0.3, 0.4) is 0 Å². The summed E-state index contributed by atoms with van der Waals surface area (Å²) in [5.41, 5.74) is 1.67. The molecule has 0 bridgehead atoms. The Morgan fingerprint density at radius 3 is 2.71 bits per heavy atom. The minimum atomic E-state index is 0.166. The van der Waals surface area contributed by atoms with Gasteiger partial charge in [-0.2, -0.15) is 0 Å². The Morgan fingerprint density at radius 2 is 2.14 bits per heavy atom. The number of carbonyl (C=O) groups excluding carboxylic acids is 1. The van der Waals surface area contributed by atoms with Crippen molar-refractivity contribution in [2.45, 2.75) is 26.7 Å². The first kappa shape index (κ1) is 11.7. The van der Waals surface area contributed by atoms with E-state index in [-0.39, 0.29) is 5.78 Å². The van der Waals surface area contributed by atoms with Gasteiger partial charge in [0.2, 0.25) is 0 Å². The van der Waals surface area contributed by atoms with Crippen molar-refractivity contribution in [3.05, 3.63) is 32.8 Å². The van der Waals surface area contributed by atoms with E-state index in [4.69, 9.17) is 11.6 Å². The van der Waals surface area contributed by atoms with E-state index in [0.717, 1.165) is 22.0 Å². The van der Waals surface area contributed by atoms with Gasteiger partial charge in [-0.1, -0.05) is 18.5 Å². The second-order valence-electron chi connectivity index (χ2n) is 3.25. The Morgan fingerprint density at radius 1 is 1.50 bits per heavy atom. The largest absolute Gasteiger partial charge is 0.294 e. The standard InChI is InChI=1S/C11H12BrClO/c1-3-4-11(14)8-5-7(2)10(13)6-9(8)12/h5-6H,3-4H2,1-2H3. The second-order valence-corrected chi connectivity index (χ2v) is 4.52. The molecule has 0 unspecified atom stereocenters. The molecule has 0 saturated heterocycles. The molecule has 3 heteroatoms. The number of hydrogen-bond acceptors (Lipinski definition) is 1. The SMILES string of the molecule is CCCC(=O)c1cc(C)c(Cl)cc1Br. The zero-order valence-corrected chi connectivity index (χ0v) is 10.6. The van der Waals surface area contributed by atoms with Gasteiger partial charge in [0.15, 0.2) is 5.78 Å². The molecule has 1 nitrogen and oxygen atoms in total. The lowest BCUT2D eigenvalue weighted by atomic mass is 10.0. The first-order chi connectivity index (χ1) is 6.56. The van der Waals surface area contributed by atoms with Crippen molar-refractivity contribution >= 4 is 33.3 Å². The van der Waals surface area contributed by atoms with Crippen LogP contribution in [-0.4, -0.2) is 5.78 Å². The van der Waals surface area contributed by atoms with Crippen LogP contribution in [0.25, 0.3) is 0 Å². The molecule has 0 heterocycles. The van der Waals surface area contributed by atoms with Gasteiger partial charge in [-0.25, -0.2) is 0 Å². The normalized spacial score (nSPS) is 10.3. The Labute approximate surface area is 97.6 Å². The molecule has 76 valence electrons. The lowest BCUT2D eigenvalue weighted by Crippen LogP contribution is -2.00. The van der Waals surface area contributed by atoms with Crippen molar-refractivity contribution in [3.8, 4) is 0 Å². The fourth-order valence-electron chi connectivity index (χ4n) is 1.23. The average Bonchev–Trinajstić information content (AvgIpc) is 2.11. The highest BCUT2D eigenvalue weighted by Gasteiger charge is 2.10. The molecule has 0 saturated carbocycles. The summed E-state index contributed by atoms with van der Waals surface area (Å²) >= 11 is 9.27. The molecule has 0 amide bonds. The average molecular weight is 276 g/mol. The van der Waals surface area contributed by atoms with Gasteiger partial charge in [-0.05, 0) is 47.0 Å². The van der Waals surface area contributed by atoms with Crippen molar-refractivity contribution in [2.75, 3.05) is 0 Å². The summed E-state index contributed by atoms with van der Waals surface area (Å²) in [5, 5.41) is 0.685. The van der Waals surface area contributed by atoms with Crippen molar-refractivity contribution in [3.63, 3.8) is 0 Å². The fraction of sp³-hybridized carbons (Fsp3) is 0.364. The van der Waals surface area contributed by atoms with Crippen LogP contribution in [0.15, 0.2) is 16.6 Å². The number of rotatable bonds is 3. The van der Waals surface area contributed by atoms with Crippen molar-refractivity contribution in [1.82, 2.24) is 0 Å². The number of carbonyl (C=O) groups is 1. The zero-order chi connectivity index (χ0) is 10.7. The van der Waals surface area contributed by atoms with Gasteiger partial charge in [0.05, 0.1) is 0 Å². The number of halogens is 2. The zero-order valence-electron chi connectivity index (χ0n) is 8.23. The van der Waals surface area contributed by atoms with Crippen LogP contribution >= 0.6 is 27.5 Å². The molecule has 1 rings (SSSR count). The van der Waals surface area contributed by atoms with Crippen LogP contribution in [0.5, 0.6) is 0 Å². The number of hydrogen-bond donors (Lipinski definition) is 0. The van der Waals surface area contributed by atoms with E-state index in [1.54, 1.807) is 6.07 Å². The molecule has 0 atom stereocenters. The van der Waals surface area contributed by atoms with Gasteiger partial charge in [-0.15, -0.1) is 0 Å². The summed E-state index contributed by atoms with van der Waals surface area (Å²) in [4.78, 5) is 11.7. The van der Waals surface area contributed by atoms with Crippen molar-refractivity contribution < 1.29 is 4.79 Å². The summed E-state index contributed by atoms with van der Waals surface area (Å²) in [7, 11) is 0. The third kappa shape index (κ3) is 2.58. The van der Waals surface area contributed by atoms with Crippen molar-refractivity contribution in [2.24, 2.45) is 0 Å². The minimum absolute atomic E-state index is 0.166. The molecule has 0 aliphatic rings. The van der Waals surface area contributed by atoms with Gasteiger partial charge >= 0.3 is 0 Å². The third-order valence-electron chi connectivity index (χ3n) is 2.03. The van der Waals surface area contributed by atoms with Gasteiger partial charge in [0.1, 0.15) is 0 Å². The first-order valence-electron chi connectivity index (χ1n) is 4.55. The molecule has 1 aromatic carbocycles. The smallest absolute Gasteiger partial charge is 0.164 e. The Balaban J connectivity index is 3.09. The number of Topliss-reactive ketones (excluding diaryl/α,β-unsaturated/α-hetero) is 1. The summed E-state index contributed by atoms with van der Waals surface area (Å²) in [6, 6.07) is 3.62. The third-order valence-corrected chi connectivity index (χ3v) is 3.09. The van der Waals surface area contributed by atoms with E-state index in [9.17, 15) is 4.79 Å². The van der Waals surface area contributed by atoms with Crippen molar-refractivity contribution in [1.29, 1.82) is 0 Å². The predicted octanol–water partition coefficient (Wildman–Crippen LogP) is 4.39. The number of aryl methyl sites for hydroxylation is 1. The quantitative estimate of drug-likeness (QED) is 0.748. The summed E-state index contributed by atoms with van der Waals surface area (Å²) in [5.74, 6) is 0.166. The molecule has 0 aliphatic heterocycles. The lowest BCUT2D eigenvalue weighted by molar-refractivity contribution is 0.0981. The maximum atomic E-state index is 11.7. The van der Waals surface area contributed by atoms with Gasteiger partial charge in [0.25, 0.3) is 0 Å². The minimum Gasteiger partial charge on any atom is -0.294 e. The van der Waals surface area contributed by atoms with E-state index in [1.165, 1.54) is 0 Å². The fourth-order valence-corrected chi connectivity index (χ4v) is 2.09. The molecule has 0 aromatic heterocycles.